The van der Waals surface area contributed by atoms with Gasteiger partial charge in [-0.25, -0.2) is 0 Å². The summed E-state index contributed by atoms with van der Waals surface area (Å²) in [5.74, 6) is 1.06. The normalized spacial score (nSPS) is 13.6. The first-order chi connectivity index (χ1) is 4.31. The van der Waals surface area contributed by atoms with Crippen molar-refractivity contribution in [2.24, 2.45) is 0 Å². The van der Waals surface area contributed by atoms with Crippen molar-refractivity contribution in [2.45, 2.75) is 26.2 Å². The molecule has 1 atom stereocenters. The van der Waals surface area contributed by atoms with Crippen LogP contribution >= 0.6 is 0 Å². The summed E-state index contributed by atoms with van der Waals surface area (Å²) in [6.45, 7) is 2.19. The lowest BCUT2D eigenvalue weighted by Crippen LogP contribution is -1.96. The second-order valence-corrected chi connectivity index (χ2v) is 4.35. The third-order valence-electron chi connectivity index (χ3n) is 1.10. The van der Waals surface area contributed by atoms with E-state index in [2.05, 4.69) is 6.92 Å². The van der Waals surface area contributed by atoms with Crippen LogP contribution in [0.3, 0.4) is 0 Å². The van der Waals surface area contributed by atoms with Crippen LogP contribution in [0.4, 0.5) is 0 Å². The second-order valence-electron chi connectivity index (χ2n) is 1.88. The Hall–Kier alpha value is 0.530. The highest BCUT2D eigenvalue weighted by Gasteiger charge is 1.89. The number of rotatable bonds is 5. The van der Waals surface area contributed by atoms with Gasteiger partial charge in [-0.2, -0.15) is 0 Å². The van der Waals surface area contributed by atoms with Gasteiger partial charge in [-0.3, -0.25) is 0 Å². The molecule has 0 aromatic heterocycles. The lowest BCUT2D eigenvalue weighted by atomic mass is 10.3. The summed E-state index contributed by atoms with van der Waals surface area (Å²) in [5, 5.41) is 0. The van der Waals surface area contributed by atoms with Crippen LogP contribution in [0.5, 0.6) is 0 Å². The summed E-state index contributed by atoms with van der Waals surface area (Å²) < 4.78 is 4.94. The van der Waals surface area contributed by atoms with Crippen molar-refractivity contribution in [3.8, 4) is 0 Å². The first-order valence-corrected chi connectivity index (χ1v) is 5.48. The largest absolute Gasteiger partial charge is 0.316 e. The molecule has 0 rings (SSSR count). The number of hydrogen-bond acceptors (Lipinski definition) is 2. The van der Waals surface area contributed by atoms with Crippen LogP contribution in [0.25, 0.3) is 0 Å². The van der Waals surface area contributed by atoms with Crippen molar-refractivity contribution in [3.05, 3.63) is 0 Å². The molecule has 0 N–H and O–H groups in total. The molecule has 3 heteroatoms. The zero-order valence-corrected chi connectivity index (χ0v) is 7.69. The van der Waals surface area contributed by atoms with Crippen molar-refractivity contribution in [2.75, 3.05) is 12.9 Å². The van der Waals surface area contributed by atoms with E-state index in [9.17, 15) is 0 Å². The maximum Gasteiger partial charge on any atom is 0.0506 e. The topological polar surface area (TPSA) is 9.23 Å². The maximum absolute atomic E-state index is 4.96. The third-order valence-corrected chi connectivity index (χ3v) is 3.00. The highest BCUT2D eigenvalue weighted by atomic mass is 32.8. The van der Waals surface area contributed by atoms with Gasteiger partial charge in [0.05, 0.1) is 7.11 Å². The summed E-state index contributed by atoms with van der Waals surface area (Å²) in [5.41, 5.74) is 0. The molecule has 0 fully saturated rings. The molecule has 0 radical (unpaired) electrons. The van der Waals surface area contributed by atoms with Crippen molar-refractivity contribution < 1.29 is 4.18 Å². The van der Waals surface area contributed by atoms with Crippen LogP contribution < -0.4 is 0 Å². The van der Waals surface area contributed by atoms with E-state index in [4.69, 9.17) is 15.4 Å². The smallest absolute Gasteiger partial charge is 0.0506 e. The van der Waals surface area contributed by atoms with Gasteiger partial charge in [0.25, 0.3) is 0 Å². The highest BCUT2D eigenvalue weighted by Crippen LogP contribution is 1.96. The van der Waals surface area contributed by atoms with E-state index in [-0.39, 0.29) is 9.74 Å². The standard InChI is InChI=1S/C6H14OS2/c1-3-4-5-6-9(8)7-2/h3-6H2,1-2H3. The van der Waals surface area contributed by atoms with Gasteiger partial charge in [0, 0.05) is 15.5 Å². The van der Waals surface area contributed by atoms with E-state index >= 15 is 0 Å². The van der Waals surface area contributed by atoms with E-state index in [1.165, 1.54) is 19.3 Å². The lowest BCUT2D eigenvalue weighted by molar-refractivity contribution is 0.482. The lowest BCUT2D eigenvalue weighted by Gasteiger charge is -1.99. The molecule has 0 bridgehead atoms. The van der Waals surface area contributed by atoms with Crippen LogP contribution in [0.2, 0.25) is 0 Å². The molecule has 0 saturated heterocycles. The minimum atomic E-state index is -0.195. The van der Waals surface area contributed by atoms with Gasteiger partial charge in [0.2, 0.25) is 0 Å². The molecule has 1 unspecified atom stereocenters. The van der Waals surface area contributed by atoms with E-state index in [0.29, 0.717) is 0 Å². The van der Waals surface area contributed by atoms with Crippen molar-refractivity contribution >= 4 is 20.9 Å². The Kier molecular flexibility index (Phi) is 7.04. The molecule has 0 spiro atoms. The SMILES string of the molecule is CCCCCS(=S)OC. The molecule has 0 aromatic rings. The molecule has 0 aliphatic heterocycles. The van der Waals surface area contributed by atoms with Gasteiger partial charge in [-0.15, -0.1) is 0 Å². The van der Waals surface area contributed by atoms with Gasteiger partial charge < -0.3 is 4.18 Å². The van der Waals surface area contributed by atoms with Crippen molar-refractivity contribution in [1.82, 2.24) is 0 Å². The van der Waals surface area contributed by atoms with Crippen LogP contribution in [-0.2, 0) is 25.1 Å². The molecular formula is C6H14OS2. The Morgan fingerprint density at radius 3 is 2.56 bits per heavy atom. The average molecular weight is 166 g/mol. The quantitative estimate of drug-likeness (QED) is 0.576. The van der Waals surface area contributed by atoms with Crippen LogP contribution in [-0.4, -0.2) is 12.9 Å². The first-order valence-electron chi connectivity index (χ1n) is 3.24. The molecule has 0 aliphatic rings. The average Bonchev–Trinajstić information content (AvgIpc) is 1.89. The Morgan fingerprint density at radius 2 is 2.11 bits per heavy atom. The first kappa shape index (κ1) is 9.53. The predicted octanol–water partition coefficient (Wildman–Crippen LogP) is 1.82. The molecule has 0 saturated carbocycles. The van der Waals surface area contributed by atoms with Gasteiger partial charge in [-0.1, -0.05) is 19.8 Å². The van der Waals surface area contributed by atoms with E-state index in [1.807, 2.05) is 0 Å². The van der Waals surface area contributed by atoms with Crippen LogP contribution in [0.15, 0.2) is 0 Å². The molecule has 0 amide bonds. The van der Waals surface area contributed by atoms with Gasteiger partial charge in [0.15, 0.2) is 0 Å². The fourth-order valence-electron chi connectivity index (χ4n) is 0.553. The molecule has 0 heterocycles. The molecular weight excluding hydrogens is 152 g/mol. The Morgan fingerprint density at radius 1 is 1.44 bits per heavy atom. The number of unbranched alkanes of at least 4 members (excludes halogenated alkanes) is 2. The summed E-state index contributed by atoms with van der Waals surface area (Å²) in [7, 11) is 1.49. The minimum Gasteiger partial charge on any atom is -0.316 e. The van der Waals surface area contributed by atoms with Gasteiger partial charge in [-0.05, 0) is 17.6 Å². The fraction of sp³-hybridized carbons (Fsp3) is 1.00. The molecule has 0 aliphatic carbocycles. The second kappa shape index (κ2) is 6.65. The fourth-order valence-corrected chi connectivity index (χ4v) is 1.51. The third kappa shape index (κ3) is 6.41. The van der Waals surface area contributed by atoms with E-state index in [1.54, 1.807) is 7.11 Å². The molecule has 9 heavy (non-hydrogen) atoms. The van der Waals surface area contributed by atoms with Crippen molar-refractivity contribution in [1.29, 1.82) is 0 Å². The van der Waals surface area contributed by atoms with Gasteiger partial charge >= 0.3 is 0 Å². The van der Waals surface area contributed by atoms with Crippen molar-refractivity contribution in [3.63, 3.8) is 0 Å². The van der Waals surface area contributed by atoms with Crippen LogP contribution in [0.1, 0.15) is 26.2 Å². The molecule has 56 valence electrons. The Bertz CT molecular complexity index is 83.1. The zero-order chi connectivity index (χ0) is 7.11. The summed E-state index contributed by atoms with van der Waals surface area (Å²) in [4.78, 5) is 0. The zero-order valence-electron chi connectivity index (χ0n) is 6.05. The minimum absolute atomic E-state index is 0.195. The molecule has 1 nitrogen and oxygen atoms in total. The summed E-state index contributed by atoms with van der Waals surface area (Å²) in [6, 6.07) is 0. The van der Waals surface area contributed by atoms with E-state index < -0.39 is 0 Å². The highest BCUT2D eigenvalue weighted by molar-refractivity contribution is 8.26. The van der Waals surface area contributed by atoms with Gasteiger partial charge in [0.1, 0.15) is 0 Å². The Balaban J connectivity index is 2.97. The van der Waals surface area contributed by atoms with Crippen LogP contribution in [0, 0.1) is 0 Å². The monoisotopic (exact) mass is 166 g/mol. The predicted molar refractivity (Wildman–Crippen MR) is 46.1 cm³/mol. The number of hydrogen-bond donors (Lipinski definition) is 0. The maximum atomic E-state index is 4.96. The molecule has 0 aromatic carbocycles. The summed E-state index contributed by atoms with van der Waals surface area (Å²) in [6.07, 6.45) is 3.76. The van der Waals surface area contributed by atoms with E-state index in [0.717, 1.165) is 5.75 Å². The Labute approximate surface area is 64.6 Å². The summed E-state index contributed by atoms with van der Waals surface area (Å²) >= 11 is 4.96.